The van der Waals surface area contributed by atoms with Crippen LogP contribution in [0.5, 0.6) is 0 Å². The molecular weight excluding hydrogens is 251 g/mol. The number of rotatable bonds is 4. The smallest absolute Gasteiger partial charge is 0.131 e. The molecule has 0 atom stereocenters. The Kier molecular flexibility index (Phi) is 4.56. The van der Waals surface area contributed by atoms with Crippen LogP contribution >= 0.6 is 0 Å². The zero-order valence-electron chi connectivity index (χ0n) is 12.3. The van der Waals surface area contributed by atoms with E-state index in [0.29, 0.717) is 11.5 Å². The summed E-state index contributed by atoms with van der Waals surface area (Å²) >= 11 is 0. The summed E-state index contributed by atoms with van der Waals surface area (Å²) in [5.41, 5.74) is 4.58. The van der Waals surface area contributed by atoms with E-state index in [1.165, 1.54) is 6.07 Å². The van der Waals surface area contributed by atoms with Crippen LogP contribution < -0.4 is 0 Å². The molecule has 1 nitrogen and oxygen atoms in total. The van der Waals surface area contributed by atoms with Gasteiger partial charge >= 0.3 is 0 Å². The van der Waals surface area contributed by atoms with Gasteiger partial charge in [0.25, 0.3) is 0 Å². The van der Waals surface area contributed by atoms with E-state index >= 15 is 0 Å². The molecule has 0 bridgehead atoms. The van der Waals surface area contributed by atoms with E-state index in [-0.39, 0.29) is 12.4 Å². The normalized spacial score (nSPS) is 11.1. The first-order valence-corrected chi connectivity index (χ1v) is 7.00. The van der Waals surface area contributed by atoms with Gasteiger partial charge in [-0.05, 0) is 48.1 Å². The van der Waals surface area contributed by atoms with Crippen LogP contribution in [0.4, 0.5) is 4.39 Å². The summed E-state index contributed by atoms with van der Waals surface area (Å²) in [4.78, 5) is 0. The highest BCUT2D eigenvalue weighted by Gasteiger charge is 2.12. The van der Waals surface area contributed by atoms with E-state index in [1.807, 2.05) is 31.2 Å². The Bertz CT molecular complexity index is 602. The van der Waals surface area contributed by atoms with Crippen LogP contribution in [0, 0.1) is 18.7 Å². The first-order chi connectivity index (χ1) is 9.51. The van der Waals surface area contributed by atoms with Crippen LogP contribution in [0.1, 0.15) is 30.5 Å². The van der Waals surface area contributed by atoms with Gasteiger partial charge in [0.15, 0.2) is 0 Å². The van der Waals surface area contributed by atoms with Crippen molar-refractivity contribution >= 4 is 0 Å². The summed E-state index contributed by atoms with van der Waals surface area (Å²) in [6, 6.07) is 10.9. The molecule has 0 radical (unpaired) electrons. The van der Waals surface area contributed by atoms with Gasteiger partial charge in [-0.1, -0.05) is 43.7 Å². The van der Waals surface area contributed by atoms with Crippen molar-refractivity contribution in [2.75, 3.05) is 0 Å². The summed E-state index contributed by atoms with van der Waals surface area (Å²) < 4.78 is 14.1. The summed E-state index contributed by atoms with van der Waals surface area (Å²) in [6.45, 7) is 6.26. The summed E-state index contributed by atoms with van der Waals surface area (Å²) in [5.74, 6) is 0.285. The SMILES string of the molecule is Cc1ccc(F)c(-c2ccc(CO)cc2CC(C)C)c1. The average Bonchev–Trinajstić information content (AvgIpc) is 2.41. The van der Waals surface area contributed by atoms with Gasteiger partial charge in [-0.15, -0.1) is 0 Å². The third-order valence-corrected chi connectivity index (χ3v) is 3.39. The van der Waals surface area contributed by atoms with E-state index in [0.717, 1.165) is 28.7 Å². The number of aliphatic hydroxyl groups is 1. The van der Waals surface area contributed by atoms with Crippen molar-refractivity contribution in [2.45, 2.75) is 33.8 Å². The predicted octanol–water partition coefficient (Wildman–Crippen LogP) is 4.49. The van der Waals surface area contributed by atoms with Crippen LogP contribution in [-0.4, -0.2) is 5.11 Å². The van der Waals surface area contributed by atoms with E-state index in [1.54, 1.807) is 6.07 Å². The van der Waals surface area contributed by atoms with E-state index in [9.17, 15) is 9.50 Å². The summed E-state index contributed by atoms with van der Waals surface area (Å²) in [5, 5.41) is 9.28. The second-order valence-corrected chi connectivity index (χ2v) is 5.73. The van der Waals surface area contributed by atoms with Crippen LogP contribution in [-0.2, 0) is 13.0 Å². The molecular formula is C18H21FO. The van der Waals surface area contributed by atoms with Gasteiger partial charge in [-0.2, -0.15) is 0 Å². The largest absolute Gasteiger partial charge is 0.392 e. The molecule has 0 amide bonds. The second kappa shape index (κ2) is 6.19. The van der Waals surface area contributed by atoms with Gasteiger partial charge in [-0.25, -0.2) is 4.39 Å². The topological polar surface area (TPSA) is 20.2 Å². The third kappa shape index (κ3) is 3.26. The standard InChI is InChI=1S/C18H21FO/c1-12(2)8-15-10-14(11-20)5-6-16(15)17-9-13(3)4-7-18(17)19/h4-7,9-10,12,20H,8,11H2,1-3H3. The lowest BCUT2D eigenvalue weighted by Gasteiger charge is -2.14. The molecule has 1 N–H and O–H groups in total. The molecule has 0 fully saturated rings. The highest BCUT2D eigenvalue weighted by Crippen LogP contribution is 2.29. The lowest BCUT2D eigenvalue weighted by molar-refractivity contribution is 0.281. The van der Waals surface area contributed by atoms with Gasteiger partial charge in [0.05, 0.1) is 6.61 Å². The molecule has 0 saturated carbocycles. The Labute approximate surface area is 120 Å². The average molecular weight is 272 g/mol. The maximum absolute atomic E-state index is 14.1. The van der Waals surface area contributed by atoms with Crippen LogP contribution in [0.2, 0.25) is 0 Å². The molecule has 106 valence electrons. The molecule has 2 aromatic carbocycles. The van der Waals surface area contributed by atoms with Crippen molar-refractivity contribution in [3.63, 3.8) is 0 Å². The van der Waals surface area contributed by atoms with Crippen molar-refractivity contribution in [3.05, 3.63) is 58.9 Å². The zero-order chi connectivity index (χ0) is 14.7. The van der Waals surface area contributed by atoms with Crippen molar-refractivity contribution in [2.24, 2.45) is 5.92 Å². The number of benzene rings is 2. The van der Waals surface area contributed by atoms with Gasteiger partial charge < -0.3 is 5.11 Å². The first kappa shape index (κ1) is 14.7. The quantitative estimate of drug-likeness (QED) is 0.869. The maximum Gasteiger partial charge on any atom is 0.131 e. The molecule has 0 saturated heterocycles. The number of hydrogen-bond donors (Lipinski definition) is 1. The number of aliphatic hydroxyl groups excluding tert-OH is 1. The van der Waals surface area contributed by atoms with Crippen molar-refractivity contribution < 1.29 is 9.50 Å². The van der Waals surface area contributed by atoms with Gasteiger partial charge in [-0.3, -0.25) is 0 Å². The van der Waals surface area contributed by atoms with Crippen molar-refractivity contribution in [3.8, 4) is 11.1 Å². The van der Waals surface area contributed by atoms with Crippen LogP contribution in [0.15, 0.2) is 36.4 Å². The Morgan fingerprint density at radius 2 is 1.80 bits per heavy atom. The zero-order valence-corrected chi connectivity index (χ0v) is 12.3. The number of aryl methyl sites for hydroxylation is 1. The summed E-state index contributed by atoms with van der Waals surface area (Å²) in [6.07, 6.45) is 0.872. The lowest BCUT2D eigenvalue weighted by atomic mass is 9.91. The van der Waals surface area contributed by atoms with E-state index < -0.39 is 0 Å². The Morgan fingerprint density at radius 1 is 1.05 bits per heavy atom. The molecule has 2 rings (SSSR count). The predicted molar refractivity (Wildman–Crippen MR) is 81.0 cm³/mol. The minimum atomic E-state index is -0.197. The van der Waals surface area contributed by atoms with Crippen molar-refractivity contribution in [1.82, 2.24) is 0 Å². The molecule has 0 spiro atoms. The fourth-order valence-electron chi connectivity index (χ4n) is 2.46. The van der Waals surface area contributed by atoms with E-state index in [2.05, 4.69) is 13.8 Å². The molecule has 0 aromatic heterocycles. The Balaban J connectivity index is 2.57. The first-order valence-electron chi connectivity index (χ1n) is 7.00. The van der Waals surface area contributed by atoms with E-state index in [4.69, 9.17) is 0 Å². The minimum Gasteiger partial charge on any atom is -0.392 e. The number of halogens is 1. The molecule has 2 aromatic rings. The lowest BCUT2D eigenvalue weighted by Crippen LogP contribution is -2.00. The molecule has 0 aliphatic rings. The van der Waals surface area contributed by atoms with Crippen LogP contribution in [0.3, 0.4) is 0 Å². The van der Waals surface area contributed by atoms with Crippen LogP contribution in [0.25, 0.3) is 11.1 Å². The minimum absolute atomic E-state index is 0.0156. The molecule has 0 aliphatic carbocycles. The Hall–Kier alpha value is -1.67. The molecule has 0 aliphatic heterocycles. The summed E-state index contributed by atoms with van der Waals surface area (Å²) in [7, 11) is 0. The highest BCUT2D eigenvalue weighted by molar-refractivity contribution is 5.69. The van der Waals surface area contributed by atoms with Crippen molar-refractivity contribution in [1.29, 1.82) is 0 Å². The molecule has 2 heteroatoms. The molecule has 20 heavy (non-hydrogen) atoms. The maximum atomic E-state index is 14.1. The third-order valence-electron chi connectivity index (χ3n) is 3.39. The molecule has 0 heterocycles. The second-order valence-electron chi connectivity index (χ2n) is 5.73. The number of hydrogen-bond acceptors (Lipinski definition) is 1. The molecule has 0 unspecified atom stereocenters. The monoisotopic (exact) mass is 272 g/mol. The highest BCUT2D eigenvalue weighted by atomic mass is 19.1. The van der Waals surface area contributed by atoms with Gasteiger partial charge in [0.1, 0.15) is 5.82 Å². The fraction of sp³-hybridized carbons (Fsp3) is 0.333. The fourth-order valence-corrected chi connectivity index (χ4v) is 2.46. The Morgan fingerprint density at radius 3 is 2.45 bits per heavy atom. The van der Waals surface area contributed by atoms with Gasteiger partial charge in [0.2, 0.25) is 0 Å². The van der Waals surface area contributed by atoms with Gasteiger partial charge in [0, 0.05) is 5.56 Å².